The van der Waals surface area contributed by atoms with Gasteiger partial charge in [-0.25, -0.2) is 0 Å². The highest BCUT2D eigenvalue weighted by Gasteiger charge is 2.16. The van der Waals surface area contributed by atoms with Gasteiger partial charge in [-0.05, 0) is 68.2 Å². The molecule has 0 aliphatic carbocycles. The van der Waals surface area contributed by atoms with Crippen LogP contribution in [0.4, 0.5) is 0 Å². The number of hydrogen-bond donors (Lipinski definition) is 1. The molecule has 0 saturated carbocycles. The zero-order valence-electron chi connectivity index (χ0n) is 15.8. The smallest absolute Gasteiger partial charge is 0.233 e. The molecular weight excluding hydrogens is 376 g/mol. The monoisotopic (exact) mass is 402 g/mol. The van der Waals surface area contributed by atoms with E-state index in [0.717, 1.165) is 11.4 Å². The Morgan fingerprint density at radius 1 is 1.07 bits per heavy atom. The highest BCUT2D eigenvalue weighted by Crippen LogP contribution is 2.25. The van der Waals surface area contributed by atoms with Crippen LogP contribution >= 0.6 is 23.4 Å². The molecule has 0 spiro atoms. The van der Waals surface area contributed by atoms with E-state index in [4.69, 9.17) is 11.6 Å². The van der Waals surface area contributed by atoms with E-state index in [-0.39, 0.29) is 11.2 Å². The number of halogens is 1. The Balaban J connectivity index is 1.54. The topological polar surface area (TPSA) is 32.3 Å². The van der Waals surface area contributed by atoms with Crippen LogP contribution in [0, 0.1) is 0 Å². The molecule has 3 nitrogen and oxygen atoms in total. The number of carbonyl (C=O) groups is 1. The van der Waals surface area contributed by atoms with Gasteiger partial charge in [0.05, 0.1) is 5.25 Å². The predicted octanol–water partition coefficient (Wildman–Crippen LogP) is 5.12. The van der Waals surface area contributed by atoms with Crippen LogP contribution in [0.5, 0.6) is 0 Å². The van der Waals surface area contributed by atoms with E-state index in [0.29, 0.717) is 11.6 Å². The molecule has 3 rings (SSSR count). The molecule has 2 aromatic rings. The number of rotatable bonds is 7. The molecule has 0 aromatic heterocycles. The van der Waals surface area contributed by atoms with Gasteiger partial charge < -0.3 is 5.32 Å². The number of carbonyl (C=O) groups excluding carboxylic acids is 1. The maximum absolute atomic E-state index is 12.5. The number of amides is 1. The summed E-state index contributed by atoms with van der Waals surface area (Å²) in [7, 11) is 0. The first-order valence-corrected chi connectivity index (χ1v) is 10.9. The minimum atomic E-state index is -0.152. The number of nitrogens with zero attached hydrogens (tertiary/aromatic N) is 1. The molecule has 1 aliphatic heterocycles. The molecule has 1 saturated heterocycles. The first-order chi connectivity index (χ1) is 13.1. The number of hydrogen-bond acceptors (Lipinski definition) is 3. The van der Waals surface area contributed by atoms with Crippen molar-refractivity contribution in [3.63, 3.8) is 0 Å². The van der Waals surface area contributed by atoms with E-state index in [1.54, 1.807) is 11.8 Å². The highest BCUT2D eigenvalue weighted by molar-refractivity contribution is 8.00. The minimum absolute atomic E-state index is 0.0581. The van der Waals surface area contributed by atoms with Gasteiger partial charge in [0.15, 0.2) is 0 Å². The fourth-order valence-electron chi connectivity index (χ4n) is 3.34. The third-order valence-corrected chi connectivity index (χ3v) is 6.27. The normalized spacial score (nSPS) is 16.1. The van der Waals surface area contributed by atoms with Crippen molar-refractivity contribution in [2.45, 2.75) is 49.4 Å². The third-order valence-electron chi connectivity index (χ3n) is 4.91. The van der Waals surface area contributed by atoms with Gasteiger partial charge >= 0.3 is 0 Å². The Hall–Kier alpha value is -1.49. The zero-order valence-corrected chi connectivity index (χ0v) is 17.4. The molecule has 1 heterocycles. The summed E-state index contributed by atoms with van der Waals surface area (Å²) in [4.78, 5) is 16.1. The van der Waals surface area contributed by atoms with Crippen molar-refractivity contribution in [2.75, 3.05) is 13.1 Å². The molecule has 0 bridgehead atoms. The SMILES string of the molecule is C[C@@H](Sc1ccc(Cl)cc1)C(=O)NCc1ccccc1CN1CCCCC1. The third kappa shape index (κ3) is 6.27. The summed E-state index contributed by atoms with van der Waals surface area (Å²) in [5.74, 6) is 0.0581. The van der Waals surface area contributed by atoms with Gasteiger partial charge in [-0.2, -0.15) is 0 Å². The van der Waals surface area contributed by atoms with Gasteiger partial charge in [0.2, 0.25) is 5.91 Å². The summed E-state index contributed by atoms with van der Waals surface area (Å²) in [6.07, 6.45) is 3.92. The number of nitrogens with one attached hydrogen (secondary N) is 1. The van der Waals surface area contributed by atoms with Crippen LogP contribution in [0.2, 0.25) is 5.02 Å². The number of likely N-dealkylation sites (tertiary alicyclic amines) is 1. The number of benzene rings is 2. The average Bonchev–Trinajstić information content (AvgIpc) is 2.69. The Bertz CT molecular complexity index is 744. The Kier molecular flexibility index (Phi) is 7.62. The molecule has 5 heteroatoms. The summed E-state index contributed by atoms with van der Waals surface area (Å²) in [5, 5.41) is 3.66. The number of piperidine rings is 1. The van der Waals surface area contributed by atoms with Crippen molar-refractivity contribution >= 4 is 29.3 Å². The molecule has 1 amide bonds. The summed E-state index contributed by atoms with van der Waals surface area (Å²) in [5.41, 5.74) is 2.53. The van der Waals surface area contributed by atoms with E-state index < -0.39 is 0 Å². The van der Waals surface area contributed by atoms with Gasteiger partial charge in [-0.15, -0.1) is 11.8 Å². The lowest BCUT2D eigenvalue weighted by Gasteiger charge is -2.27. The lowest BCUT2D eigenvalue weighted by molar-refractivity contribution is -0.120. The first-order valence-electron chi connectivity index (χ1n) is 9.61. The van der Waals surface area contributed by atoms with Crippen molar-refractivity contribution in [2.24, 2.45) is 0 Å². The van der Waals surface area contributed by atoms with Crippen LogP contribution < -0.4 is 5.32 Å². The van der Waals surface area contributed by atoms with E-state index in [9.17, 15) is 4.79 Å². The Morgan fingerprint density at radius 3 is 2.44 bits per heavy atom. The summed E-state index contributed by atoms with van der Waals surface area (Å²) in [6.45, 7) is 5.84. The molecule has 2 aromatic carbocycles. The van der Waals surface area contributed by atoms with Gasteiger partial charge in [0.1, 0.15) is 0 Å². The van der Waals surface area contributed by atoms with Gasteiger partial charge in [0, 0.05) is 23.0 Å². The van der Waals surface area contributed by atoms with Crippen LogP contribution in [0.1, 0.15) is 37.3 Å². The molecule has 1 aliphatic rings. The Morgan fingerprint density at radius 2 is 1.74 bits per heavy atom. The lowest BCUT2D eigenvalue weighted by atomic mass is 10.0. The standard InChI is InChI=1S/C22H27ClN2OS/c1-17(27-21-11-9-20(23)10-12-21)22(26)24-15-18-7-3-4-8-19(18)16-25-13-5-2-6-14-25/h3-4,7-12,17H,2,5-6,13-16H2,1H3,(H,24,26)/t17-/m1/s1. The average molecular weight is 403 g/mol. The fraction of sp³-hybridized carbons (Fsp3) is 0.409. The number of thioether (sulfide) groups is 1. The second-order valence-electron chi connectivity index (χ2n) is 7.04. The zero-order chi connectivity index (χ0) is 19.1. The lowest BCUT2D eigenvalue weighted by Crippen LogP contribution is -2.32. The molecular formula is C22H27ClN2OS. The van der Waals surface area contributed by atoms with Gasteiger partial charge in [-0.1, -0.05) is 42.3 Å². The highest BCUT2D eigenvalue weighted by atomic mass is 35.5. The van der Waals surface area contributed by atoms with Gasteiger partial charge in [-0.3, -0.25) is 9.69 Å². The molecule has 0 radical (unpaired) electrons. The van der Waals surface area contributed by atoms with Crippen molar-refractivity contribution in [1.82, 2.24) is 10.2 Å². The molecule has 1 atom stereocenters. The van der Waals surface area contributed by atoms with E-state index in [1.807, 2.05) is 37.3 Å². The van der Waals surface area contributed by atoms with Crippen LogP contribution in [0.15, 0.2) is 53.4 Å². The first kappa shape index (κ1) is 20.2. The molecule has 1 fully saturated rings. The minimum Gasteiger partial charge on any atom is -0.351 e. The van der Waals surface area contributed by atoms with Crippen LogP contribution in [0.25, 0.3) is 0 Å². The fourth-order valence-corrected chi connectivity index (χ4v) is 4.36. The van der Waals surface area contributed by atoms with Crippen molar-refractivity contribution < 1.29 is 4.79 Å². The second kappa shape index (κ2) is 10.2. The van der Waals surface area contributed by atoms with Crippen molar-refractivity contribution in [3.05, 3.63) is 64.7 Å². The van der Waals surface area contributed by atoms with E-state index in [1.165, 1.54) is 43.5 Å². The largest absolute Gasteiger partial charge is 0.351 e. The van der Waals surface area contributed by atoms with E-state index >= 15 is 0 Å². The van der Waals surface area contributed by atoms with Crippen LogP contribution in [0.3, 0.4) is 0 Å². The molecule has 27 heavy (non-hydrogen) atoms. The molecule has 0 unspecified atom stereocenters. The van der Waals surface area contributed by atoms with Crippen LogP contribution in [-0.2, 0) is 17.9 Å². The van der Waals surface area contributed by atoms with Crippen molar-refractivity contribution in [1.29, 1.82) is 0 Å². The van der Waals surface area contributed by atoms with Crippen molar-refractivity contribution in [3.8, 4) is 0 Å². The molecule has 144 valence electrons. The van der Waals surface area contributed by atoms with Crippen LogP contribution in [-0.4, -0.2) is 29.1 Å². The summed E-state index contributed by atoms with van der Waals surface area (Å²) >= 11 is 7.47. The Labute approximate surface area is 171 Å². The summed E-state index contributed by atoms with van der Waals surface area (Å²) < 4.78 is 0. The maximum Gasteiger partial charge on any atom is 0.233 e. The summed E-state index contributed by atoms with van der Waals surface area (Å²) in [6, 6.07) is 16.0. The quantitative estimate of drug-likeness (QED) is 0.652. The molecule has 1 N–H and O–H groups in total. The van der Waals surface area contributed by atoms with E-state index in [2.05, 4.69) is 28.4 Å². The van der Waals surface area contributed by atoms with Gasteiger partial charge in [0.25, 0.3) is 0 Å². The second-order valence-corrected chi connectivity index (χ2v) is 8.89. The predicted molar refractivity (Wildman–Crippen MR) is 114 cm³/mol. The maximum atomic E-state index is 12.5.